The highest BCUT2D eigenvalue weighted by molar-refractivity contribution is 7.98. The van der Waals surface area contributed by atoms with E-state index in [2.05, 4.69) is 10.1 Å². The Morgan fingerprint density at radius 1 is 1.18 bits per heavy atom. The largest absolute Gasteiger partial charge is 0.444 e. The standard InChI is InChI=1S/C20H19N3O4S/c1-12-16(13(2)27-23-12)11-28-19-15(9-6-10-22-19)20(25)26-17(18(21)24)14-7-4-3-5-8-14/h3-10,17H,11H2,1-2H3,(H2,21,24). The summed E-state index contributed by atoms with van der Waals surface area (Å²) in [5, 5.41) is 4.42. The summed E-state index contributed by atoms with van der Waals surface area (Å²) in [5.74, 6) is -0.144. The Morgan fingerprint density at radius 3 is 2.57 bits per heavy atom. The maximum Gasteiger partial charge on any atom is 0.342 e. The molecule has 1 amide bonds. The molecule has 0 aliphatic heterocycles. The second-order valence-corrected chi connectivity index (χ2v) is 7.01. The molecule has 0 spiro atoms. The zero-order valence-corrected chi connectivity index (χ0v) is 16.2. The van der Waals surface area contributed by atoms with Crippen molar-refractivity contribution in [2.75, 3.05) is 0 Å². The van der Waals surface area contributed by atoms with Gasteiger partial charge in [0, 0.05) is 23.1 Å². The minimum atomic E-state index is -1.17. The summed E-state index contributed by atoms with van der Waals surface area (Å²) in [4.78, 5) is 28.8. The molecule has 2 N–H and O–H groups in total. The molecule has 1 atom stereocenters. The van der Waals surface area contributed by atoms with Crippen LogP contribution >= 0.6 is 11.8 Å². The highest BCUT2D eigenvalue weighted by Crippen LogP contribution is 2.28. The number of aromatic nitrogens is 2. The lowest BCUT2D eigenvalue weighted by Crippen LogP contribution is -2.26. The number of primary amides is 1. The average molecular weight is 397 g/mol. The molecule has 0 bridgehead atoms. The molecule has 0 saturated carbocycles. The first-order chi connectivity index (χ1) is 13.5. The van der Waals surface area contributed by atoms with Gasteiger partial charge < -0.3 is 15.0 Å². The van der Waals surface area contributed by atoms with Crippen LogP contribution in [-0.4, -0.2) is 22.0 Å². The number of nitrogens with zero attached hydrogens (tertiary/aromatic N) is 2. The number of amides is 1. The maximum atomic E-state index is 12.7. The molecular weight excluding hydrogens is 378 g/mol. The Bertz CT molecular complexity index is 969. The van der Waals surface area contributed by atoms with E-state index in [1.54, 1.807) is 48.7 Å². The summed E-state index contributed by atoms with van der Waals surface area (Å²) in [6.45, 7) is 3.69. The third-order valence-corrected chi connectivity index (χ3v) is 5.14. The van der Waals surface area contributed by atoms with Crippen molar-refractivity contribution < 1.29 is 18.8 Å². The highest BCUT2D eigenvalue weighted by atomic mass is 32.2. The quantitative estimate of drug-likeness (QED) is 0.481. The molecule has 0 aliphatic rings. The van der Waals surface area contributed by atoms with Gasteiger partial charge in [0.05, 0.1) is 11.3 Å². The fraction of sp³-hybridized carbons (Fsp3) is 0.200. The van der Waals surface area contributed by atoms with Crippen molar-refractivity contribution in [2.45, 2.75) is 30.7 Å². The van der Waals surface area contributed by atoms with Gasteiger partial charge in [0.15, 0.2) is 0 Å². The third kappa shape index (κ3) is 4.40. The average Bonchev–Trinajstić information content (AvgIpc) is 3.02. The molecule has 0 fully saturated rings. The summed E-state index contributed by atoms with van der Waals surface area (Å²) in [6, 6.07) is 11.9. The lowest BCUT2D eigenvalue weighted by molar-refractivity contribution is -0.127. The Kier molecular flexibility index (Phi) is 6.10. The van der Waals surface area contributed by atoms with Gasteiger partial charge in [-0.2, -0.15) is 0 Å². The van der Waals surface area contributed by atoms with E-state index < -0.39 is 18.0 Å². The summed E-state index contributed by atoms with van der Waals surface area (Å²) in [5.41, 5.74) is 7.96. The summed E-state index contributed by atoms with van der Waals surface area (Å²) < 4.78 is 10.6. The van der Waals surface area contributed by atoms with Crippen LogP contribution in [0.4, 0.5) is 0 Å². The first kappa shape index (κ1) is 19.6. The van der Waals surface area contributed by atoms with E-state index in [9.17, 15) is 9.59 Å². The molecular formula is C20H19N3O4S. The number of ether oxygens (including phenoxy) is 1. The minimum absolute atomic E-state index is 0.265. The van der Waals surface area contributed by atoms with Crippen LogP contribution in [0.15, 0.2) is 58.2 Å². The number of rotatable bonds is 7. The Morgan fingerprint density at radius 2 is 1.93 bits per heavy atom. The molecule has 7 nitrogen and oxygen atoms in total. The smallest absolute Gasteiger partial charge is 0.342 e. The Labute approximate surface area is 166 Å². The predicted molar refractivity (Wildman–Crippen MR) is 104 cm³/mol. The monoisotopic (exact) mass is 397 g/mol. The zero-order valence-electron chi connectivity index (χ0n) is 15.4. The van der Waals surface area contributed by atoms with Crippen LogP contribution in [0.3, 0.4) is 0 Å². The van der Waals surface area contributed by atoms with Crippen LogP contribution in [0, 0.1) is 13.8 Å². The van der Waals surface area contributed by atoms with E-state index in [-0.39, 0.29) is 5.56 Å². The van der Waals surface area contributed by atoms with E-state index in [0.29, 0.717) is 16.3 Å². The predicted octanol–water partition coefficient (Wildman–Crippen LogP) is 3.36. The second-order valence-electron chi connectivity index (χ2n) is 6.05. The normalized spacial score (nSPS) is 11.8. The van der Waals surface area contributed by atoms with Gasteiger partial charge in [-0.25, -0.2) is 9.78 Å². The first-order valence-corrected chi connectivity index (χ1v) is 9.50. The molecule has 0 radical (unpaired) electrons. The summed E-state index contributed by atoms with van der Waals surface area (Å²) in [6.07, 6.45) is 0.421. The zero-order chi connectivity index (χ0) is 20.1. The van der Waals surface area contributed by atoms with E-state index in [1.165, 1.54) is 11.8 Å². The molecule has 2 aromatic heterocycles. The van der Waals surface area contributed by atoms with E-state index in [0.717, 1.165) is 17.0 Å². The van der Waals surface area contributed by atoms with Crippen molar-refractivity contribution in [3.8, 4) is 0 Å². The van der Waals surface area contributed by atoms with Gasteiger partial charge >= 0.3 is 5.97 Å². The lowest BCUT2D eigenvalue weighted by Gasteiger charge is -2.16. The van der Waals surface area contributed by atoms with Crippen LogP contribution in [-0.2, 0) is 15.3 Å². The van der Waals surface area contributed by atoms with Crippen LogP contribution in [0.1, 0.15) is 39.0 Å². The van der Waals surface area contributed by atoms with Crippen LogP contribution in [0.2, 0.25) is 0 Å². The van der Waals surface area contributed by atoms with Gasteiger partial charge in [0.1, 0.15) is 10.8 Å². The maximum absolute atomic E-state index is 12.7. The molecule has 1 unspecified atom stereocenters. The second kappa shape index (κ2) is 8.71. The SMILES string of the molecule is Cc1noc(C)c1CSc1ncccc1C(=O)OC(C(N)=O)c1ccccc1. The Hall–Kier alpha value is -3.13. The molecule has 1 aromatic carbocycles. The topological polar surface area (TPSA) is 108 Å². The first-order valence-electron chi connectivity index (χ1n) is 8.52. The number of benzene rings is 1. The summed E-state index contributed by atoms with van der Waals surface area (Å²) in [7, 11) is 0. The third-order valence-electron chi connectivity index (χ3n) is 4.11. The van der Waals surface area contributed by atoms with Crippen LogP contribution < -0.4 is 5.73 Å². The van der Waals surface area contributed by atoms with Gasteiger partial charge in [-0.15, -0.1) is 11.8 Å². The Balaban J connectivity index is 1.79. The van der Waals surface area contributed by atoms with Crippen molar-refractivity contribution in [3.63, 3.8) is 0 Å². The fourth-order valence-electron chi connectivity index (χ4n) is 2.60. The van der Waals surface area contributed by atoms with Crippen molar-refractivity contribution in [1.82, 2.24) is 10.1 Å². The fourth-order valence-corrected chi connectivity index (χ4v) is 3.73. The molecule has 2 heterocycles. The van der Waals surface area contributed by atoms with E-state index in [1.807, 2.05) is 13.8 Å². The minimum Gasteiger partial charge on any atom is -0.444 e. The number of nitrogens with two attached hydrogens (primary N) is 1. The van der Waals surface area contributed by atoms with Gasteiger partial charge in [-0.1, -0.05) is 35.5 Å². The summed E-state index contributed by atoms with van der Waals surface area (Å²) >= 11 is 1.36. The van der Waals surface area contributed by atoms with E-state index >= 15 is 0 Å². The lowest BCUT2D eigenvalue weighted by atomic mass is 10.1. The molecule has 3 aromatic rings. The van der Waals surface area contributed by atoms with Crippen molar-refractivity contribution >= 4 is 23.6 Å². The number of carbonyl (C=O) groups is 2. The number of pyridine rings is 1. The van der Waals surface area contributed by atoms with Gasteiger partial charge in [-0.05, 0) is 26.0 Å². The molecule has 144 valence electrons. The van der Waals surface area contributed by atoms with Crippen molar-refractivity contribution in [3.05, 3.63) is 76.8 Å². The van der Waals surface area contributed by atoms with Crippen molar-refractivity contribution in [1.29, 1.82) is 0 Å². The van der Waals surface area contributed by atoms with E-state index in [4.69, 9.17) is 15.0 Å². The van der Waals surface area contributed by atoms with Crippen LogP contribution in [0.5, 0.6) is 0 Å². The molecule has 3 rings (SSSR count). The van der Waals surface area contributed by atoms with Gasteiger partial charge in [0.2, 0.25) is 6.10 Å². The molecule has 0 aliphatic carbocycles. The molecule has 0 saturated heterocycles. The number of aryl methyl sites for hydroxylation is 2. The highest BCUT2D eigenvalue weighted by Gasteiger charge is 2.25. The number of carbonyl (C=O) groups excluding carboxylic acids is 2. The number of esters is 1. The molecule has 28 heavy (non-hydrogen) atoms. The molecule has 8 heteroatoms. The number of hydrogen-bond acceptors (Lipinski definition) is 7. The van der Waals surface area contributed by atoms with Gasteiger partial charge in [0.25, 0.3) is 5.91 Å². The van der Waals surface area contributed by atoms with Gasteiger partial charge in [-0.3, -0.25) is 4.79 Å². The van der Waals surface area contributed by atoms with Crippen LogP contribution in [0.25, 0.3) is 0 Å². The van der Waals surface area contributed by atoms with Crippen molar-refractivity contribution in [2.24, 2.45) is 5.73 Å². The number of thioether (sulfide) groups is 1. The number of hydrogen-bond donors (Lipinski definition) is 1.